The van der Waals surface area contributed by atoms with E-state index in [0.29, 0.717) is 30.4 Å². The minimum Gasteiger partial charge on any atom is -0.356 e. The number of alkyl halides is 3. The van der Waals surface area contributed by atoms with Crippen molar-refractivity contribution in [3.8, 4) is 0 Å². The number of aromatic nitrogens is 2. The second-order valence-electron chi connectivity index (χ2n) is 8.74. The summed E-state index contributed by atoms with van der Waals surface area (Å²) in [5, 5.41) is 3.84. The van der Waals surface area contributed by atoms with Gasteiger partial charge < -0.3 is 10.2 Å². The normalized spacial score (nSPS) is 16.1. The SMILES string of the molecule is CC1CCN(c2nc(C(F)(F)F)ccc2CNC(=O)C(C)c2ccc3ncccc3c2)CC1. The van der Waals surface area contributed by atoms with Gasteiger partial charge in [0.05, 0.1) is 11.4 Å². The van der Waals surface area contributed by atoms with Crippen molar-refractivity contribution in [3.05, 3.63) is 65.5 Å². The minimum absolute atomic E-state index is 0.116. The van der Waals surface area contributed by atoms with Gasteiger partial charge in [0.2, 0.25) is 5.91 Å². The molecule has 2 aromatic heterocycles. The molecule has 1 aliphatic heterocycles. The Labute approximate surface area is 191 Å². The second-order valence-corrected chi connectivity index (χ2v) is 8.74. The quantitative estimate of drug-likeness (QED) is 0.566. The summed E-state index contributed by atoms with van der Waals surface area (Å²) in [7, 11) is 0. The molecule has 1 N–H and O–H groups in total. The van der Waals surface area contributed by atoms with Crippen LogP contribution in [0.4, 0.5) is 19.0 Å². The first-order valence-corrected chi connectivity index (χ1v) is 11.2. The first-order valence-electron chi connectivity index (χ1n) is 11.2. The number of hydrogen-bond acceptors (Lipinski definition) is 4. The highest BCUT2D eigenvalue weighted by atomic mass is 19.4. The van der Waals surface area contributed by atoms with E-state index in [-0.39, 0.29) is 12.5 Å². The van der Waals surface area contributed by atoms with Crippen LogP contribution in [-0.4, -0.2) is 29.0 Å². The van der Waals surface area contributed by atoms with E-state index in [4.69, 9.17) is 0 Å². The number of fused-ring (bicyclic) bond motifs is 1. The monoisotopic (exact) mass is 456 g/mol. The van der Waals surface area contributed by atoms with Gasteiger partial charge in [-0.3, -0.25) is 9.78 Å². The van der Waals surface area contributed by atoms with Gasteiger partial charge in [0.25, 0.3) is 0 Å². The first-order chi connectivity index (χ1) is 15.7. The van der Waals surface area contributed by atoms with Gasteiger partial charge in [-0.1, -0.05) is 25.1 Å². The summed E-state index contributed by atoms with van der Waals surface area (Å²) in [5.74, 6) is 0.224. The van der Waals surface area contributed by atoms with Gasteiger partial charge in [0.1, 0.15) is 11.5 Å². The average molecular weight is 457 g/mol. The van der Waals surface area contributed by atoms with Gasteiger partial charge in [-0.2, -0.15) is 13.2 Å². The van der Waals surface area contributed by atoms with E-state index >= 15 is 0 Å². The lowest BCUT2D eigenvalue weighted by Gasteiger charge is -2.33. The fraction of sp³-hybridized carbons (Fsp3) is 0.400. The molecule has 0 saturated carbocycles. The maximum absolute atomic E-state index is 13.3. The average Bonchev–Trinajstić information content (AvgIpc) is 2.81. The standard InChI is InChI=1S/C25H27F3N4O/c1-16-9-12-32(13-10-16)23-20(6-8-22(31-23)25(26,27)28)15-30-24(33)17(2)18-5-7-21-19(14-18)4-3-11-29-21/h3-8,11,14,16-17H,9-10,12-13,15H2,1-2H3,(H,30,33). The summed E-state index contributed by atoms with van der Waals surface area (Å²) in [4.78, 5) is 23.0. The fourth-order valence-corrected chi connectivity index (χ4v) is 4.12. The number of nitrogens with one attached hydrogen (secondary N) is 1. The van der Waals surface area contributed by atoms with Gasteiger partial charge in [-0.25, -0.2) is 4.98 Å². The summed E-state index contributed by atoms with van der Waals surface area (Å²) in [6.07, 6.45) is -0.995. The van der Waals surface area contributed by atoms with E-state index in [9.17, 15) is 18.0 Å². The number of pyridine rings is 2. The molecular formula is C25H27F3N4O. The number of piperidine rings is 1. The lowest BCUT2D eigenvalue weighted by atomic mass is 9.98. The summed E-state index contributed by atoms with van der Waals surface area (Å²) < 4.78 is 39.9. The zero-order chi connectivity index (χ0) is 23.6. The summed E-state index contributed by atoms with van der Waals surface area (Å²) >= 11 is 0. The number of amides is 1. The van der Waals surface area contributed by atoms with Crippen LogP contribution in [0.15, 0.2) is 48.7 Å². The molecule has 0 spiro atoms. The van der Waals surface area contributed by atoms with Gasteiger partial charge in [-0.15, -0.1) is 0 Å². The third-order valence-corrected chi connectivity index (χ3v) is 6.30. The van der Waals surface area contributed by atoms with Crippen LogP contribution in [0.5, 0.6) is 0 Å². The highest BCUT2D eigenvalue weighted by Gasteiger charge is 2.34. The highest BCUT2D eigenvalue weighted by Crippen LogP contribution is 2.32. The van der Waals surface area contributed by atoms with Gasteiger partial charge in [0, 0.05) is 36.8 Å². The van der Waals surface area contributed by atoms with Gasteiger partial charge in [0.15, 0.2) is 0 Å². The van der Waals surface area contributed by atoms with Crippen molar-refractivity contribution in [1.82, 2.24) is 15.3 Å². The summed E-state index contributed by atoms with van der Waals surface area (Å²) in [6.45, 7) is 5.37. The molecule has 1 atom stereocenters. The minimum atomic E-state index is -4.51. The van der Waals surface area contributed by atoms with Gasteiger partial charge in [-0.05, 0) is 55.5 Å². The maximum Gasteiger partial charge on any atom is 0.433 e. The summed E-state index contributed by atoms with van der Waals surface area (Å²) in [6, 6.07) is 11.9. The van der Waals surface area contributed by atoms with E-state index in [1.54, 1.807) is 6.20 Å². The predicted octanol–water partition coefficient (Wildman–Crippen LogP) is 5.30. The molecule has 3 aromatic rings. The Kier molecular flexibility index (Phi) is 6.54. The van der Waals surface area contributed by atoms with Crippen molar-refractivity contribution < 1.29 is 18.0 Å². The molecule has 1 fully saturated rings. The van der Waals surface area contributed by atoms with Crippen LogP contribution in [-0.2, 0) is 17.5 Å². The van der Waals surface area contributed by atoms with Gasteiger partial charge >= 0.3 is 6.18 Å². The molecule has 0 radical (unpaired) electrons. The lowest BCUT2D eigenvalue weighted by Crippen LogP contribution is -2.35. The van der Waals surface area contributed by atoms with Crippen molar-refractivity contribution >= 4 is 22.6 Å². The number of hydrogen-bond donors (Lipinski definition) is 1. The maximum atomic E-state index is 13.3. The molecule has 174 valence electrons. The molecule has 5 nitrogen and oxygen atoms in total. The number of benzene rings is 1. The van der Waals surface area contributed by atoms with E-state index in [2.05, 4.69) is 22.2 Å². The van der Waals surface area contributed by atoms with Crippen LogP contribution in [0.25, 0.3) is 10.9 Å². The van der Waals surface area contributed by atoms with Crippen LogP contribution in [0.1, 0.15) is 49.4 Å². The Balaban J connectivity index is 1.51. The molecule has 1 unspecified atom stereocenters. The molecule has 3 heterocycles. The molecule has 1 aromatic carbocycles. The van der Waals surface area contributed by atoms with Crippen LogP contribution in [0.3, 0.4) is 0 Å². The topological polar surface area (TPSA) is 58.1 Å². The predicted molar refractivity (Wildman–Crippen MR) is 122 cm³/mol. The van der Waals surface area contributed by atoms with Crippen molar-refractivity contribution in [1.29, 1.82) is 0 Å². The molecular weight excluding hydrogens is 429 g/mol. The van der Waals surface area contributed by atoms with E-state index in [1.807, 2.05) is 42.2 Å². The lowest BCUT2D eigenvalue weighted by molar-refractivity contribution is -0.141. The number of carbonyl (C=O) groups is 1. The van der Waals surface area contributed by atoms with Crippen molar-refractivity contribution in [2.75, 3.05) is 18.0 Å². The number of nitrogens with zero attached hydrogens (tertiary/aromatic N) is 3. The molecule has 0 bridgehead atoms. The van der Waals surface area contributed by atoms with Crippen LogP contribution in [0, 0.1) is 5.92 Å². The summed E-state index contributed by atoms with van der Waals surface area (Å²) in [5.41, 5.74) is 1.37. The molecule has 33 heavy (non-hydrogen) atoms. The van der Waals surface area contributed by atoms with E-state index in [1.165, 1.54) is 6.07 Å². The molecule has 4 rings (SSSR count). The number of rotatable bonds is 5. The molecule has 0 aliphatic carbocycles. The first kappa shape index (κ1) is 23.0. The zero-order valence-corrected chi connectivity index (χ0v) is 18.7. The molecule has 1 amide bonds. The molecule has 1 aliphatic rings. The smallest absolute Gasteiger partial charge is 0.356 e. The molecule has 8 heteroatoms. The Bertz CT molecular complexity index is 1140. The Morgan fingerprint density at radius 1 is 1.18 bits per heavy atom. The van der Waals surface area contributed by atoms with E-state index < -0.39 is 17.8 Å². The highest BCUT2D eigenvalue weighted by molar-refractivity contribution is 5.86. The third kappa shape index (κ3) is 5.26. The van der Waals surface area contributed by atoms with Crippen LogP contribution < -0.4 is 10.2 Å². The van der Waals surface area contributed by atoms with E-state index in [0.717, 1.165) is 35.4 Å². The molecule has 1 saturated heterocycles. The number of halogens is 3. The number of anilines is 1. The third-order valence-electron chi connectivity index (χ3n) is 6.30. The Hall–Kier alpha value is -3.16. The Morgan fingerprint density at radius 2 is 1.94 bits per heavy atom. The van der Waals surface area contributed by atoms with Crippen LogP contribution >= 0.6 is 0 Å². The largest absolute Gasteiger partial charge is 0.433 e. The van der Waals surface area contributed by atoms with Crippen molar-refractivity contribution in [2.45, 2.75) is 45.3 Å². The van der Waals surface area contributed by atoms with Crippen molar-refractivity contribution in [2.24, 2.45) is 5.92 Å². The van der Waals surface area contributed by atoms with Crippen molar-refractivity contribution in [3.63, 3.8) is 0 Å². The number of carbonyl (C=O) groups excluding carboxylic acids is 1. The second kappa shape index (κ2) is 9.37. The fourth-order valence-electron chi connectivity index (χ4n) is 4.12. The zero-order valence-electron chi connectivity index (χ0n) is 18.7. The van der Waals surface area contributed by atoms with Crippen LogP contribution in [0.2, 0.25) is 0 Å². The Morgan fingerprint density at radius 3 is 2.67 bits per heavy atom.